The number of benzene rings is 2. The molecule has 2 amide bonds. The van der Waals surface area contributed by atoms with E-state index < -0.39 is 0 Å². The van der Waals surface area contributed by atoms with Crippen LogP contribution in [0.2, 0.25) is 0 Å². The van der Waals surface area contributed by atoms with E-state index in [1.54, 1.807) is 19.5 Å². The van der Waals surface area contributed by atoms with Crippen LogP contribution in [0.15, 0.2) is 54.9 Å². The van der Waals surface area contributed by atoms with E-state index in [0.717, 1.165) is 46.4 Å². The third-order valence-electron chi connectivity index (χ3n) is 5.29. The molecule has 2 aromatic carbocycles. The number of hydrogen-bond donors (Lipinski definition) is 1. The van der Waals surface area contributed by atoms with Crippen LogP contribution in [0.1, 0.15) is 18.4 Å². The zero-order valence-electron chi connectivity index (χ0n) is 16.7. The lowest BCUT2D eigenvalue weighted by Gasteiger charge is -2.32. The molecule has 2 heterocycles. The SMILES string of the molecule is COc1ccc2cc(NC(=O)N3CCC(Oc4ccncc4C)CC3)ccc2c1. The Labute approximate surface area is 170 Å². The van der Waals surface area contributed by atoms with Crippen molar-refractivity contribution in [2.24, 2.45) is 0 Å². The van der Waals surface area contributed by atoms with E-state index in [9.17, 15) is 4.79 Å². The van der Waals surface area contributed by atoms with Crippen molar-refractivity contribution in [3.8, 4) is 11.5 Å². The van der Waals surface area contributed by atoms with Crippen LogP contribution in [0.5, 0.6) is 11.5 Å². The summed E-state index contributed by atoms with van der Waals surface area (Å²) < 4.78 is 11.4. The number of rotatable bonds is 4. The van der Waals surface area contributed by atoms with Crippen LogP contribution >= 0.6 is 0 Å². The van der Waals surface area contributed by atoms with Crippen molar-refractivity contribution in [1.29, 1.82) is 0 Å². The van der Waals surface area contributed by atoms with Crippen molar-refractivity contribution >= 4 is 22.5 Å². The van der Waals surface area contributed by atoms with Gasteiger partial charge in [-0.15, -0.1) is 0 Å². The number of ether oxygens (including phenoxy) is 2. The molecule has 3 aromatic rings. The summed E-state index contributed by atoms with van der Waals surface area (Å²) in [6.07, 6.45) is 5.29. The van der Waals surface area contributed by atoms with Crippen molar-refractivity contribution in [2.75, 3.05) is 25.5 Å². The van der Waals surface area contributed by atoms with Gasteiger partial charge in [0.05, 0.1) is 7.11 Å². The number of nitrogens with one attached hydrogen (secondary N) is 1. The Hall–Kier alpha value is -3.28. The minimum atomic E-state index is -0.0728. The number of amides is 2. The van der Waals surface area contributed by atoms with Gasteiger partial charge in [-0.2, -0.15) is 0 Å². The standard InChI is InChI=1S/C23H25N3O3/c1-16-15-24-10-7-22(16)29-20-8-11-26(12-9-20)23(27)25-19-5-3-18-14-21(28-2)6-4-17(18)13-19/h3-7,10,13-15,20H,8-9,11-12H2,1-2H3,(H,25,27). The monoisotopic (exact) mass is 391 g/mol. The summed E-state index contributed by atoms with van der Waals surface area (Å²) in [5.41, 5.74) is 1.82. The number of aromatic nitrogens is 1. The molecule has 6 nitrogen and oxygen atoms in total. The van der Waals surface area contributed by atoms with Crippen molar-refractivity contribution in [2.45, 2.75) is 25.9 Å². The molecule has 1 N–H and O–H groups in total. The van der Waals surface area contributed by atoms with Crippen molar-refractivity contribution in [3.05, 3.63) is 60.4 Å². The van der Waals surface area contributed by atoms with Crippen molar-refractivity contribution < 1.29 is 14.3 Å². The van der Waals surface area contributed by atoms with E-state index in [1.165, 1.54) is 0 Å². The topological polar surface area (TPSA) is 63.7 Å². The number of piperidine rings is 1. The Bertz CT molecular complexity index is 1010. The summed E-state index contributed by atoms with van der Waals surface area (Å²) in [5, 5.41) is 5.15. The van der Waals surface area contributed by atoms with Gasteiger partial charge in [-0.25, -0.2) is 4.79 Å². The van der Waals surface area contributed by atoms with E-state index in [0.29, 0.717) is 13.1 Å². The normalized spacial score (nSPS) is 14.6. The second-order valence-corrected chi connectivity index (χ2v) is 7.30. The number of carbonyl (C=O) groups excluding carboxylic acids is 1. The molecular weight excluding hydrogens is 366 g/mol. The molecule has 150 valence electrons. The maximum Gasteiger partial charge on any atom is 0.321 e. The van der Waals surface area contributed by atoms with Gasteiger partial charge < -0.3 is 19.7 Å². The minimum absolute atomic E-state index is 0.0728. The fraction of sp³-hybridized carbons (Fsp3) is 0.304. The zero-order chi connectivity index (χ0) is 20.2. The molecular formula is C23H25N3O3. The average Bonchev–Trinajstić information content (AvgIpc) is 2.75. The lowest BCUT2D eigenvalue weighted by Crippen LogP contribution is -2.43. The predicted octanol–water partition coefficient (Wildman–Crippen LogP) is 4.63. The molecule has 1 aromatic heterocycles. The van der Waals surface area contributed by atoms with Gasteiger partial charge in [-0.1, -0.05) is 12.1 Å². The van der Waals surface area contributed by atoms with Gasteiger partial charge in [-0.05, 0) is 48.0 Å². The smallest absolute Gasteiger partial charge is 0.321 e. The van der Waals surface area contributed by atoms with Crippen LogP contribution in [-0.2, 0) is 0 Å². The Balaban J connectivity index is 1.34. The number of aryl methyl sites for hydroxylation is 1. The molecule has 1 fully saturated rings. The first-order chi connectivity index (χ1) is 14.1. The number of urea groups is 1. The van der Waals surface area contributed by atoms with Crippen LogP contribution in [-0.4, -0.2) is 42.2 Å². The summed E-state index contributed by atoms with van der Waals surface area (Å²) in [6.45, 7) is 3.33. The number of hydrogen-bond acceptors (Lipinski definition) is 4. The summed E-state index contributed by atoms with van der Waals surface area (Å²) in [5.74, 6) is 1.69. The number of pyridine rings is 1. The zero-order valence-corrected chi connectivity index (χ0v) is 16.7. The van der Waals surface area contributed by atoms with Gasteiger partial charge in [0, 0.05) is 49.6 Å². The predicted molar refractivity (Wildman–Crippen MR) is 114 cm³/mol. The van der Waals surface area contributed by atoms with Crippen molar-refractivity contribution in [1.82, 2.24) is 9.88 Å². The van der Waals surface area contributed by atoms with Gasteiger partial charge in [0.2, 0.25) is 0 Å². The molecule has 0 spiro atoms. The highest BCUT2D eigenvalue weighted by Gasteiger charge is 2.24. The summed E-state index contributed by atoms with van der Waals surface area (Å²) in [6, 6.07) is 13.6. The molecule has 1 saturated heterocycles. The lowest BCUT2D eigenvalue weighted by atomic mass is 10.1. The average molecular weight is 391 g/mol. The quantitative estimate of drug-likeness (QED) is 0.704. The Kier molecular flexibility index (Phi) is 5.51. The molecule has 0 radical (unpaired) electrons. The Morgan fingerprint density at radius 1 is 1.10 bits per heavy atom. The molecule has 1 aliphatic rings. The number of nitrogens with zero attached hydrogens (tertiary/aromatic N) is 2. The number of methoxy groups -OCH3 is 1. The fourth-order valence-corrected chi connectivity index (χ4v) is 3.58. The molecule has 0 aliphatic carbocycles. The van der Waals surface area contributed by atoms with Gasteiger partial charge in [0.1, 0.15) is 17.6 Å². The highest BCUT2D eigenvalue weighted by atomic mass is 16.5. The summed E-state index contributed by atoms with van der Waals surface area (Å²) >= 11 is 0. The van der Waals surface area contributed by atoms with E-state index in [1.807, 2.05) is 54.3 Å². The molecule has 0 unspecified atom stereocenters. The fourth-order valence-electron chi connectivity index (χ4n) is 3.58. The van der Waals surface area contributed by atoms with Crippen LogP contribution in [0.3, 0.4) is 0 Å². The van der Waals surface area contributed by atoms with Gasteiger partial charge in [0.25, 0.3) is 0 Å². The second-order valence-electron chi connectivity index (χ2n) is 7.30. The largest absolute Gasteiger partial charge is 0.497 e. The van der Waals surface area contributed by atoms with Crippen molar-refractivity contribution in [3.63, 3.8) is 0 Å². The van der Waals surface area contributed by atoms with E-state index in [2.05, 4.69) is 10.3 Å². The van der Waals surface area contributed by atoms with Crippen LogP contribution in [0.25, 0.3) is 10.8 Å². The van der Waals surface area contributed by atoms with E-state index in [4.69, 9.17) is 9.47 Å². The van der Waals surface area contributed by atoms with Gasteiger partial charge in [0.15, 0.2) is 0 Å². The maximum absolute atomic E-state index is 12.7. The minimum Gasteiger partial charge on any atom is -0.497 e. The van der Waals surface area contributed by atoms with E-state index >= 15 is 0 Å². The Morgan fingerprint density at radius 3 is 2.62 bits per heavy atom. The molecule has 4 rings (SSSR count). The molecule has 0 saturated carbocycles. The third-order valence-corrected chi connectivity index (χ3v) is 5.29. The van der Waals surface area contributed by atoms with Crippen LogP contribution in [0, 0.1) is 6.92 Å². The maximum atomic E-state index is 12.7. The molecule has 0 atom stereocenters. The number of fused-ring (bicyclic) bond motifs is 1. The molecule has 6 heteroatoms. The third kappa shape index (κ3) is 4.42. The molecule has 0 bridgehead atoms. The first-order valence-corrected chi connectivity index (χ1v) is 9.83. The van der Waals surface area contributed by atoms with Crippen LogP contribution in [0.4, 0.5) is 10.5 Å². The second kappa shape index (κ2) is 8.39. The van der Waals surface area contributed by atoms with Crippen LogP contribution < -0.4 is 14.8 Å². The highest BCUT2D eigenvalue weighted by molar-refractivity contribution is 5.94. The Morgan fingerprint density at radius 2 is 1.86 bits per heavy atom. The summed E-state index contributed by atoms with van der Waals surface area (Å²) in [7, 11) is 1.65. The number of carbonyl (C=O) groups is 1. The number of anilines is 1. The van der Waals surface area contributed by atoms with Gasteiger partial charge in [-0.3, -0.25) is 4.98 Å². The van der Waals surface area contributed by atoms with Gasteiger partial charge >= 0.3 is 6.03 Å². The first-order valence-electron chi connectivity index (χ1n) is 9.83. The summed E-state index contributed by atoms with van der Waals surface area (Å²) in [4.78, 5) is 18.6. The first kappa shape index (κ1) is 19.1. The van der Waals surface area contributed by atoms with E-state index in [-0.39, 0.29) is 12.1 Å². The number of likely N-dealkylation sites (tertiary alicyclic amines) is 1. The lowest BCUT2D eigenvalue weighted by molar-refractivity contribution is 0.115. The molecule has 1 aliphatic heterocycles. The molecule has 29 heavy (non-hydrogen) atoms. The highest BCUT2D eigenvalue weighted by Crippen LogP contribution is 2.25.